The van der Waals surface area contributed by atoms with Crippen LogP contribution in [0.3, 0.4) is 0 Å². The van der Waals surface area contributed by atoms with Crippen LogP contribution in [0.25, 0.3) is 0 Å². The van der Waals surface area contributed by atoms with Crippen LogP contribution in [0.5, 0.6) is 0 Å². The van der Waals surface area contributed by atoms with E-state index in [9.17, 15) is 4.39 Å². The molecule has 1 aromatic rings. The minimum Gasteiger partial charge on any atom is -0.396 e. The van der Waals surface area contributed by atoms with E-state index < -0.39 is 0 Å². The summed E-state index contributed by atoms with van der Waals surface area (Å²) in [6.45, 7) is 1.36. The van der Waals surface area contributed by atoms with Crippen LogP contribution < -0.4 is 0 Å². The lowest BCUT2D eigenvalue weighted by atomic mass is 10.2. The summed E-state index contributed by atoms with van der Waals surface area (Å²) in [4.78, 5) is 0. The first-order valence-corrected chi connectivity index (χ1v) is 4.76. The van der Waals surface area contributed by atoms with E-state index in [0.29, 0.717) is 19.6 Å². The molecular formula is C11H15FO2. The van der Waals surface area contributed by atoms with Gasteiger partial charge < -0.3 is 9.84 Å². The first-order valence-electron chi connectivity index (χ1n) is 4.76. The quantitative estimate of drug-likeness (QED) is 0.706. The van der Waals surface area contributed by atoms with Crippen molar-refractivity contribution in [2.45, 2.75) is 12.8 Å². The molecule has 1 aromatic carbocycles. The highest BCUT2D eigenvalue weighted by Gasteiger charge is 1.94. The van der Waals surface area contributed by atoms with Gasteiger partial charge in [-0.25, -0.2) is 4.39 Å². The van der Waals surface area contributed by atoms with Gasteiger partial charge in [0.25, 0.3) is 0 Å². The molecule has 3 heteroatoms. The third kappa shape index (κ3) is 4.35. The second-order valence-corrected chi connectivity index (χ2v) is 3.07. The Bertz CT molecular complexity index is 246. The molecule has 1 N–H and O–H groups in total. The van der Waals surface area contributed by atoms with E-state index in [2.05, 4.69) is 0 Å². The maximum absolute atomic E-state index is 12.5. The third-order valence-electron chi connectivity index (χ3n) is 1.90. The summed E-state index contributed by atoms with van der Waals surface area (Å²) in [5.41, 5.74) is 1.07. The van der Waals surface area contributed by atoms with Gasteiger partial charge in [0.15, 0.2) is 0 Å². The number of rotatable bonds is 6. The minimum absolute atomic E-state index is 0.163. The molecule has 0 saturated heterocycles. The summed E-state index contributed by atoms with van der Waals surface area (Å²) >= 11 is 0. The SMILES string of the molecule is OCCCOCCc1ccc(F)cc1. The molecule has 0 unspecified atom stereocenters. The zero-order valence-corrected chi connectivity index (χ0v) is 8.08. The maximum Gasteiger partial charge on any atom is 0.123 e. The van der Waals surface area contributed by atoms with Crippen LogP contribution in [0.15, 0.2) is 24.3 Å². The lowest BCUT2D eigenvalue weighted by Gasteiger charge is -2.03. The predicted octanol–water partition coefficient (Wildman–Crippen LogP) is 1.77. The fraction of sp³-hybridized carbons (Fsp3) is 0.455. The normalized spacial score (nSPS) is 10.4. The highest BCUT2D eigenvalue weighted by Crippen LogP contribution is 2.03. The number of halogens is 1. The van der Waals surface area contributed by atoms with E-state index in [-0.39, 0.29) is 12.4 Å². The Morgan fingerprint density at radius 2 is 1.86 bits per heavy atom. The molecule has 78 valence electrons. The van der Waals surface area contributed by atoms with Gasteiger partial charge in [-0.2, -0.15) is 0 Å². The van der Waals surface area contributed by atoms with Crippen LogP contribution >= 0.6 is 0 Å². The van der Waals surface area contributed by atoms with Crippen LogP contribution in [-0.4, -0.2) is 24.9 Å². The molecule has 0 radical (unpaired) electrons. The number of benzene rings is 1. The highest BCUT2D eigenvalue weighted by molar-refractivity contribution is 5.15. The van der Waals surface area contributed by atoms with Gasteiger partial charge in [-0.05, 0) is 30.5 Å². The fourth-order valence-electron chi connectivity index (χ4n) is 1.11. The third-order valence-corrected chi connectivity index (χ3v) is 1.90. The molecule has 1 rings (SSSR count). The first kappa shape index (κ1) is 11.1. The van der Waals surface area contributed by atoms with Crippen molar-refractivity contribution >= 4 is 0 Å². The van der Waals surface area contributed by atoms with E-state index >= 15 is 0 Å². The van der Waals surface area contributed by atoms with Crippen molar-refractivity contribution in [3.63, 3.8) is 0 Å². The molecule has 2 nitrogen and oxygen atoms in total. The molecule has 0 spiro atoms. The van der Waals surface area contributed by atoms with E-state index in [1.807, 2.05) is 0 Å². The lowest BCUT2D eigenvalue weighted by molar-refractivity contribution is 0.118. The molecule has 0 aliphatic rings. The van der Waals surface area contributed by atoms with Crippen molar-refractivity contribution < 1.29 is 14.2 Å². The van der Waals surface area contributed by atoms with Gasteiger partial charge in [-0.1, -0.05) is 12.1 Å². The molecule has 14 heavy (non-hydrogen) atoms. The van der Waals surface area contributed by atoms with Gasteiger partial charge in [0.2, 0.25) is 0 Å². The van der Waals surface area contributed by atoms with Crippen LogP contribution in [0.4, 0.5) is 4.39 Å². The van der Waals surface area contributed by atoms with Gasteiger partial charge in [-0.15, -0.1) is 0 Å². The Labute approximate surface area is 83.3 Å². The van der Waals surface area contributed by atoms with Gasteiger partial charge in [0, 0.05) is 13.2 Å². The monoisotopic (exact) mass is 198 g/mol. The molecule has 0 amide bonds. The Morgan fingerprint density at radius 3 is 2.50 bits per heavy atom. The summed E-state index contributed by atoms with van der Waals surface area (Å²) in [6.07, 6.45) is 1.45. The molecule has 0 heterocycles. The second-order valence-electron chi connectivity index (χ2n) is 3.07. The number of aliphatic hydroxyl groups excluding tert-OH is 1. The molecule has 0 aromatic heterocycles. The van der Waals surface area contributed by atoms with Crippen molar-refractivity contribution in [2.75, 3.05) is 19.8 Å². The van der Waals surface area contributed by atoms with Gasteiger partial charge in [0.1, 0.15) is 5.82 Å². The number of aliphatic hydroxyl groups is 1. The van der Waals surface area contributed by atoms with Crippen LogP contribution in [0.2, 0.25) is 0 Å². The van der Waals surface area contributed by atoms with Gasteiger partial charge >= 0.3 is 0 Å². The van der Waals surface area contributed by atoms with Crippen molar-refractivity contribution in [3.05, 3.63) is 35.6 Å². The van der Waals surface area contributed by atoms with Crippen LogP contribution in [0, 0.1) is 5.82 Å². The minimum atomic E-state index is -0.213. The zero-order valence-electron chi connectivity index (χ0n) is 8.08. The fourth-order valence-corrected chi connectivity index (χ4v) is 1.11. The van der Waals surface area contributed by atoms with Crippen molar-refractivity contribution in [1.82, 2.24) is 0 Å². The van der Waals surface area contributed by atoms with Gasteiger partial charge in [-0.3, -0.25) is 0 Å². The summed E-state index contributed by atoms with van der Waals surface area (Å²) < 4.78 is 17.8. The molecule has 0 aliphatic carbocycles. The maximum atomic E-state index is 12.5. The number of ether oxygens (including phenoxy) is 1. The van der Waals surface area contributed by atoms with Gasteiger partial charge in [0.05, 0.1) is 6.61 Å². The molecule has 0 fully saturated rings. The lowest BCUT2D eigenvalue weighted by Crippen LogP contribution is -2.01. The Balaban J connectivity index is 2.15. The van der Waals surface area contributed by atoms with Crippen molar-refractivity contribution in [1.29, 1.82) is 0 Å². The highest BCUT2D eigenvalue weighted by atomic mass is 19.1. The van der Waals surface area contributed by atoms with Crippen LogP contribution in [-0.2, 0) is 11.2 Å². The summed E-state index contributed by atoms with van der Waals surface area (Å²) in [5, 5.41) is 8.49. The second kappa shape index (κ2) is 6.51. The largest absolute Gasteiger partial charge is 0.396 e. The average molecular weight is 198 g/mol. The molecular weight excluding hydrogens is 183 g/mol. The van der Waals surface area contributed by atoms with E-state index in [1.165, 1.54) is 12.1 Å². The van der Waals surface area contributed by atoms with E-state index in [0.717, 1.165) is 12.0 Å². The standard InChI is InChI=1S/C11H15FO2/c12-11-4-2-10(3-5-11)6-9-14-8-1-7-13/h2-5,13H,1,6-9H2. The average Bonchev–Trinajstić information content (AvgIpc) is 2.21. The molecule has 0 aliphatic heterocycles. The smallest absolute Gasteiger partial charge is 0.123 e. The Kier molecular flexibility index (Phi) is 5.19. The topological polar surface area (TPSA) is 29.5 Å². The van der Waals surface area contributed by atoms with Crippen LogP contribution in [0.1, 0.15) is 12.0 Å². The van der Waals surface area contributed by atoms with Crippen molar-refractivity contribution in [2.24, 2.45) is 0 Å². The predicted molar refractivity (Wildman–Crippen MR) is 52.6 cm³/mol. The van der Waals surface area contributed by atoms with E-state index in [1.54, 1.807) is 12.1 Å². The summed E-state index contributed by atoms with van der Waals surface area (Å²) in [6, 6.07) is 6.40. The summed E-state index contributed by atoms with van der Waals surface area (Å²) in [7, 11) is 0. The molecule has 0 bridgehead atoms. The Hall–Kier alpha value is -0.930. The number of hydrogen-bond acceptors (Lipinski definition) is 2. The first-order chi connectivity index (χ1) is 6.83. The Morgan fingerprint density at radius 1 is 1.14 bits per heavy atom. The molecule has 0 saturated carbocycles. The summed E-state index contributed by atoms with van der Waals surface area (Å²) in [5.74, 6) is -0.213. The van der Waals surface area contributed by atoms with Crippen molar-refractivity contribution in [3.8, 4) is 0 Å². The molecule has 0 atom stereocenters. The van der Waals surface area contributed by atoms with E-state index in [4.69, 9.17) is 9.84 Å². The zero-order chi connectivity index (χ0) is 10.2. The number of hydrogen-bond donors (Lipinski definition) is 1.